The highest BCUT2D eigenvalue weighted by atomic mass is 16.3. The molecule has 5 nitrogen and oxygen atoms in total. The van der Waals surface area contributed by atoms with Crippen molar-refractivity contribution >= 4 is 27.7 Å². The number of aliphatic hydroxyl groups is 2. The predicted molar refractivity (Wildman–Crippen MR) is 90.1 cm³/mol. The van der Waals surface area contributed by atoms with E-state index in [-0.39, 0.29) is 5.91 Å². The molecular formula is C18H20N2O3. The van der Waals surface area contributed by atoms with Gasteiger partial charge < -0.3 is 20.5 Å². The number of aromatic amines is 1. The molecule has 4 N–H and O–H groups in total. The van der Waals surface area contributed by atoms with Gasteiger partial charge in [0.25, 0.3) is 0 Å². The van der Waals surface area contributed by atoms with Crippen molar-refractivity contribution in [3.8, 4) is 0 Å². The number of carbonyl (C=O) groups excluding carboxylic acids is 1. The Balaban J connectivity index is 1.84. The van der Waals surface area contributed by atoms with Crippen molar-refractivity contribution in [3.05, 3.63) is 48.0 Å². The van der Waals surface area contributed by atoms with Gasteiger partial charge >= 0.3 is 0 Å². The molecule has 0 aliphatic rings. The maximum absolute atomic E-state index is 10.8. The van der Waals surface area contributed by atoms with Crippen LogP contribution in [0.4, 0.5) is 0 Å². The van der Waals surface area contributed by atoms with Crippen molar-refractivity contribution in [1.82, 2.24) is 10.3 Å². The van der Waals surface area contributed by atoms with Gasteiger partial charge in [-0.25, -0.2) is 0 Å². The molecule has 1 heterocycles. The third kappa shape index (κ3) is 3.21. The molecule has 1 amide bonds. The van der Waals surface area contributed by atoms with Crippen LogP contribution in [0.1, 0.15) is 25.0 Å². The summed E-state index contributed by atoms with van der Waals surface area (Å²) in [6.45, 7) is 1.76. The number of benzene rings is 2. The number of hydrogen-bond acceptors (Lipinski definition) is 3. The summed E-state index contributed by atoms with van der Waals surface area (Å²) in [5, 5.41) is 25.2. The summed E-state index contributed by atoms with van der Waals surface area (Å²) in [4.78, 5) is 14.2. The minimum atomic E-state index is -0.984. The Bertz CT molecular complexity index is 841. The molecule has 0 radical (unpaired) electrons. The van der Waals surface area contributed by atoms with Gasteiger partial charge in [-0.15, -0.1) is 0 Å². The summed E-state index contributed by atoms with van der Waals surface area (Å²) in [7, 11) is 0. The lowest BCUT2D eigenvalue weighted by Gasteiger charge is -2.18. The summed E-state index contributed by atoms with van der Waals surface area (Å²) in [5.74, 6) is -0.146. The smallest absolute Gasteiger partial charge is 0.216 e. The van der Waals surface area contributed by atoms with E-state index in [1.807, 2.05) is 42.5 Å². The lowest BCUT2D eigenvalue weighted by Crippen LogP contribution is -2.27. The quantitative estimate of drug-likeness (QED) is 0.583. The van der Waals surface area contributed by atoms with Crippen LogP contribution in [0.3, 0.4) is 0 Å². The van der Waals surface area contributed by atoms with Gasteiger partial charge in [-0.2, -0.15) is 0 Å². The van der Waals surface area contributed by atoms with E-state index < -0.39 is 12.2 Å². The SMILES string of the molecule is CC(=O)NCCC(O)C(O)c1ccc2[nH]c3ccccc3c2c1. The van der Waals surface area contributed by atoms with Crippen molar-refractivity contribution in [3.63, 3.8) is 0 Å². The molecule has 23 heavy (non-hydrogen) atoms. The molecule has 3 aromatic rings. The molecule has 0 saturated heterocycles. The third-order valence-corrected chi connectivity index (χ3v) is 4.05. The average Bonchev–Trinajstić information content (AvgIpc) is 2.91. The predicted octanol–water partition coefficient (Wildman–Crippen LogP) is 2.24. The Morgan fingerprint density at radius 2 is 1.87 bits per heavy atom. The van der Waals surface area contributed by atoms with Crippen molar-refractivity contribution in [1.29, 1.82) is 0 Å². The Hall–Kier alpha value is -2.37. The van der Waals surface area contributed by atoms with Gasteiger partial charge in [-0.1, -0.05) is 24.3 Å². The summed E-state index contributed by atoms with van der Waals surface area (Å²) >= 11 is 0. The van der Waals surface area contributed by atoms with Crippen molar-refractivity contribution in [2.24, 2.45) is 0 Å². The van der Waals surface area contributed by atoms with Gasteiger partial charge in [0.15, 0.2) is 0 Å². The number of nitrogens with one attached hydrogen (secondary N) is 2. The first-order valence-corrected chi connectivity index (χ1v) is 7.67. The van der Waals surface area contributed by atoms with Gasteiger partial charge in [0.1, 0.15) is 6.10 Å². The highest BCUT2D eigenvalue weighted by Crippen LogP contribution is 2.29. The van der Waals surface area contributed by atoms with Gasteiger partial charge in [-0.3, -0.25) is 4.79 Å². The fourth-order valence-electron chi connectivity index (χ4n) is 2.83. The second kappa shape index (κ2) is 6.40. The van der Waals surface area contributed by atoms with Gasteiger partial charge in [0, 0.05) is 35.3 Å². The Kier molecular flexibility index (Phi) is 4.32. The summed E-state index contributed by atoms with van der Waals surface area (Å²) in [5.41, 5.74) is 2.70. The fourth-order valence-corrected chi connectivity index (χ4v) is 2.83. The van der Waals surface area contributed by atoms with Crippen LogP contribution in [0.2, 0.25) is 0 Å². The van der Waals surface area contributed by atoms with E-state index in [1.54, 1.807) is 0 Å². The van der Waals surface area contributed by atoms with Crippen LogP contribution in [-0.4, -0.2) is 33.8 Å². The second-order valence-electron chi connectivity index (χ2n) is 5.76. The lowest BCUT2D eigenvalue weighted by atomic mass is 10.00. The lowest BCUT2D eigenvalue weighted by molar-refractivity contribution is -0.119. The molecule has 2 unspecified atom stereocenters. The van der Waals surface area contributed by atoms with Crippen LogP contribution < -0.4 is 5.32 Å². The Morgan fingerprint density at radius 1 is 1.13 bits per heavy atom. The highest BCUT2D eigenvalue weighted by Gasteiger charge is 2.19. The average molecular weight is 312 g/mol. The number of fused-ring (bicyclic) bond motifs is 3. The summed E-state index contributed by atoms with van der Waals surface area (Å²) in [6, 6.07) is 13.6. The van der Waals surface area contributed by atoms with E-state index in [0.29, 0.717) is 18.5 Å². The first kappa shape index (κ1) is 15.5. The van der Waals surface area contributed by atoms with Crippen LogP contribution in [0.25, 0.3) is 21.8 Å². The molecule has 0 spiro atoms. The number of para-hydroxylation sites is 1. The summed E-state index contributed by atoms with van der Waals surface area (Å²) < 4.78 is 0. The van der Waals surface area contributed by atoms with Crippen LogP contribution >= 0.6 is 0 Å². The molecule has 0 aliphatic heterocycles. The monoisotopic (exact) mass is 312 g/mol. The second-order valence-corrected chi connectivity index (χ2v) is 5.76. The van der Waals surface area contributed by atoms with E-state index in [4.69, 9.17) is 0 Å². The number of rotatable bonds is 5. The van der Waals surface area contributed by atoms with Crippen molar-refractivity contribution < 1.29 is 15.0 Å². The molecule has 0 saturated carbocycles. The number of H-pyrrole nitrogens is 1. The largest absolute Gasteiger partial charge is 0.390 e. The fraction of sp³-hybridized carbons (Fsp3) is 0.278. The van der Waals surface area contributed by atoms with Crippen LogP contribution in [0.15, 0.2) is 42.5 Å². The molecule has 2 atom stereocenters. The number of aliphatic hydroxyl groups excluding tert-OH is 2. The zero-order valence-electron chi connectivity index (χ0n) is 12.9. The molecule has 0 fully saturated rings. The Morgan fingerprint density at radius 3 is 2.65 bits per heavy atom. The minimum absolute atomic E-state index is 0.146. The number of carbonyl (C=O) groups is 1. The number of amides is 1. The molecule has 3 rings (SSSR count). The molecule has 2 aromatic carbocycles. The molecular weight excluding hydrogens is 292 g/mol. The zero-order valence-corrected chi connectivity index (χ0v) is 12.9. The van der Waals surface area contributed by atoms with Crippen LogP contribution in [0, 0.1) is 0 Å². The van der Waals surface area contributed by atoms with Gasteiger partial charge in [0.2, 0.25) is 5.91 Å². The van der Waals surface area contributed by atoms with E-state index in [2.05, 4.69) is 10.3 Å². The topological polar surface area (TPSA) is 85.3 Å². The van der Waals surface area contributed by atoms with Crippen LogP contribution in [0.5, 0.6) is 0 Å². The maximum Gasteiger partial charge on any atom is 0.216 e. The van der Waals surface area contributed by atoms with E-state index in [9.17, 15) is 15.0 Å². The maximum atomic E-state index is 10.8. The van der Waals surface area contributed by atoms with E-state index >= 15 is 0 Å². The number of hydrogen-bond donors (Lipinski definition) is 4. The Labute approximate surface area is 133 Å². The van der Waals surface area contributed by atoms with E-state index in [1.165, 1.54) is 6.92 Å². The van der Waals surface area contributed by atoms with Gasteiger partial charge in [0.05, 0.1) is 6.10 Å². The minimum Gasteiger partial charge on any atom is -0.390 e. The van der Waals surface area contributed by atoms with Crippen molar-refractivity contribution in [2.45, 2.75) is 25.6 Å². The zero-order chi connectivity index (χ0) is 16.4. The van der Waals surface area contributed by atoms with Crippen molar-refractivity contribution in [2.75, 3.05) is 6.54 Å². The van der Waals surface area contributed by atoms with E-state index in [0.717, 1.165) is 21.8 Å². The molecule has 0 aliphatic carbocycles. The van der Waals surface area contributed by atoms with Crippen LogP contribution in [-0.2, 0) is 4.79 Å². The standard InChI is InChI=1S/C18H20N2O3/c1-11(21)19-9-8-17(22)18(23)12-6-7-16-14(10-12)13-4-2-3-5-15(13)20-16/h2-7,10,17-18,20,22-23H,8-9H2,1H3,(H,19,21). The first-order valence-electron chi connectivity index (χ1n) is 7.67. The third-order valence-electron chi connectivity index (χ3n) is 4.05. The number of aromatic nitrogens is 1. The summed E-state index contributed by atoms with van der Waals surface area (Å²) in [6.07, 6.45) is -1.61. The molecule has 120 valence electrons. The normalized spacial score (nSPS) is 14.0. The molecule has 1 aromatic heterocycles. The molecule has 0 bridgehead atoms. The highest BCUT2D eigenvalue weighted by molar-refractivity contribution is 6.07. The first-order chi connectivity index (χ1) is 11.1. The van der Waals surface area contributed by atoms with Gasteiger partial charge in [-0.05, 0) is 30.2 Å². The molecule has 5 heteroatoms.